The molecule has 2 atom stereocenters. The van der Waals surface area contributed by atoms with Crippen LogP contribution in [0, 0.1) is 0 Å². The molecular weight excluding hydrogens is 275 g/mol. The van der Waals surface area contributed by atoms with Crippen LogP contribution in [0.3, 0.4) is 0 Å². The summed E-state index contributed by atoms with van der Waals surface area (Å²) in [6, 6.07) is 0. The van der Waals surface area contributed by atoms with E-state index in [1.807, 2.05) is 0 Å². The molecule has 0 rings (SSSR count). The van der Waals surface area contributed by atoms with E-state index >= 15 is 0 Å². The first-order chi connectivity index (χ1) is 3.85. The minimum atomic E-state index is -3.94. The first kappa shape index (κ1) is 10.1. The molecule has 9 heavy (non-hydrogen) atoms. The molecule has 0 heterocycles. The van der Waals surface area contributed by atoms with Gasteiger partial charge in [0.2, 0.25) is 0 Å². The van der Waals surface area contributed by atoms with Gasteiger partial charge >= 0.3 is 7.60 Å². The minimum Gasteiger partial charge on any atom is -0.324 e. The Morgan fingerprint density at radius 1 is 1.44 bits per heavy atom. The van der Waals surface area contributed by atoms with Gasteiger partial charge in [-0.15, -0.1) is 0 Å². The van der Waals surface area contributed by atoms with Crippen LogP contribution in [-0.4, -0.2) is 19.2 Å². The average Bonchev–Trinajstić information content (AvgIpc) is 1.62. The van der Waals surface area contributed by atoms with E-state index in [4.69, 9.17) is 9.79 Å². The number of rotatable bonds is 2. The maximum Gasteiger partial charge on any atom is 0.340 e. The van der Waals surface area contributed by atoms with E-state index in [1.54, 1.807) is 6.92 Å². The molecule has 0 aliphatic carbocycles. The highest BCUT2D eigenvalue weighted by atomic mass is 79.9. The largest absolute Gasteiger partial charge is 0.340 e. The molecule has 0 radical (unpaired) electrons. The van der Waals surface area contributed by atoms with Crippen LogP contribution in [0.5, 0.6) is 0 Å². The van der Waals surface area contributed by atoms with E-state index in [0.29, 0.717) is 0 Å². The lowest BCUT2D eigenvalue weighted by Crippen LogP contribution is -2.09. The molecule has 0 spiro atoms. The van der Waals surface area contributed by atoms with E-state index in [9.17, 15) is 4.57 Å². The highest BCUT2D eigenvalue weighted by molar-refractivity contribution is 9.13. The van der Waals surface area contributed by atoms with Crippen LogP contribution >= 0.6 is 39.5 Å². The summed E-state index contributed by atoms with van der Waals surface area (Å²) in [5, 5.41) is 0. The van der Waals surface area contributed by atoms with Crippen LogP contribution in [0.1, 0.15) is 6.92 Å². The van der Waals surface area contributed by atoms with Crippen molar-refractivity contribution < 1.29 is 14.4 Å². The van der Waals surface area contributed by atoms with Crippen LogP contribution < -0.4 is 0 Å². The van der Waals surface area contributed by atoms with Crippen LogP contribution in [0.15, 0.2) is 0 Å². The summed E-state index contributed by atoms with van der Waals surface area (Å²) in [5.41, 5.74) is 0. The van der Waals surface area contributed by atoms with Gasteiger partial charge in [-0.3, -0.25) is 4.57 Å². The summed E-state index contributed by atoms with van der Waals surface area (Å²) in [5.74, 6) is 0. The van der Waals surface area contributed by atoms with Crippen molar-refractivity contribution in [3.63, 3.8) is 0 Å². The molecule has 6 heteroatoms. The minimum absolute atomic E-state index is 0.224. The third kappa shape index (κ3) is 3.73. The van der Waals surface area contributed by atoms with E-state index in [2.05, 4.69) is 31.9 Å². The summed E-state index contributed by atoms with van der Waals surface area (Å²) in [6.07, 6.45) is 0. The van der Waals surface area contributed by atoms with Gasteiger partial charge in [0.1, 0.15) is 4.57 Å². The summed E-state index contributed by atoms with van der Waals surface area (Å²) in [4.78, 5) is 16.8. The fraction of sp³-hybridized carbons (Fsp3) is 1.00. The van der Waals surface area contributed by atoms with E-state index in [1.165, 1.54) is 0 Å². The van der Waals surface area contributed by atoms with Gasteiger partial charge in [0, 0.05) is 4.83 Å². The molecule has 2 unspecified atom stereocenters. The average molecular weight is 282 g/mol. The maximum atomic E-state index is 10.4. The van der Waals surface area contributed by atoms with Crippen molar-refractivity contribution >= 4 is 39.5 Å². The van der Waals surface area contributed by atoms with Crippen LogP contribution in [0.2, 0.25) is 0 Å². The Bertz CT molecular complexity index is 131. The van der Waals surface area contributed by atoms with Crippen molar-refractivity contribution in [1.82, 2.24) is 0 Å². The SMILES string of the molecule is CC(Br)C(Br)P(=O)(O)O. The topological polar surface area (TPSA) is 57.5 Å². The van der Waals surface area contributed by atoms with Crippen LogP contribution in [0.25, 0.3) is 0 Å². The number of hydrogen-bond acceptors (Lipinski definition) is 1. The highest BCUT2D eigenvalue weighted by Crippen LogP contribution is 2.47. The van der Waals surface area contributed by atoms with Gasteiger partial charge in [-0.1, -0.05) is 38.8 Å². The normalized spacial score (nSPS) is 19.2. The lowest BCUT2D eigenvalue weighted by molar-refractivity contribution is 0.370. The van der Waals surface area contributed by atoms with Crippen molar-refractivity contribution in [2.75, 3.05) is 0 Å². The zero-order chi connectivity index (χ0) is 7.65. The first-order valence-corrected chi connectivity index (χ1v) is 5.70. The summed E-state index contributed by atoms with van der Waals surface area (Å²) in [6.45, 7) is 1.67. The lowest BCUT2D eigenvalue weighted by Gasteiger charge is -2.12. The first-order valence-electron chi connectivity index (χ1n) is 2.19. The predicted octanol–water partition coefficient (Wildman–Crippen LogP) is 1.67. The molecule has 3 nitrogen and oxygen atoms in total. The highest BCUT2D eigenvalue weighted by Gasteiger charge is 2.29. The Labute approximate surface area is 70.3 Å². The zero-order valence-electron chi connectivity index (χ0n) is 4.66. The molecule has 0 amide bonds. The molecule has 0 saturated carbocycles. The van der Waals surface area contributed by atoms with Gasteiger partial charge in [0.15, 0.2) is 0 Å². The van der Waals surface area contributed by atoms with E-state index in [0.717, 1.165) is 0 Å². The van der Waals surface area contributed by atoms with E-state index in [-0.39, 0.29) is 4.83 Å². The Kier molecular flexibility index (Phi) is 3.92. The van der Waals surface area contributed by atoms with Gasteiger partial charge in [-0.2, -0.15) is 0 Å². The van der Waals surface area contributed by atoms with Gasteiger partial charge in [-0.05, 0) is 0 Å². The maximum absolute atomic E-state index is 10.4. The molecule has 56 valence electrons. The van der Waals surface area contributed by atoms with Crippen molar-refractivity contribution in [3.05, 3.63) is 0 Å². The third-order valence-corrected chi connectivity index (χ3v) is 5.83. The predicted molar refractivity (Wildman–Crippen MR) is 43.1 cm³/mol. The molecule has 0 aromatic heterocycles. The van der Waals surface area contributed by atoms with Gasteiger partial charge < -0.3 is 9.79 Å². The second-order valence-electron chi connectivity index (χ2n) is 1.64. The number of alkyl halides is 2. The fourth-order valence-corrected chi connectivity index (χ4v) is 1.73. The van der Waals surface area contributed by atoms with Crippen molar-refractivity contribution in [3.8, 4) is 0 Å². The molecule has 0 aromatic rings. The molecule has 0 aromatic carbocycles. The van der Waals surface area contributed by atoms with Crippen molar-refractivity contribution in [2.45, 2.75) is 16.3 Å². The van der Waals surface area contributed by atoms with E-state index < -0.39 is 12.2 Å². The summed E-state index contributed by atoms with van der Waals surface area (Å²) in [7, 11) is -3.94. The van der Waals surface area contributed by atoms with Crippen LogP contribution in [0.4, 0.5) is 0 Å². The molecule has 2 N–H and O–H groups in total. The van der Waals surface area contributed by atoms with Crippen LogP contribution in [-0.2, 0) is 4.57 Å². The molecule has 0 fully saturated rings. The smallest absolute Gasteiger partial charge is 0.324 e. The Morgan fingerprint density at radius 2 is 1.78 bits per heavy atom. The number of hydrogen-bond donors (Lipinski definition) is 2. The molecule has 0 aliphatic rings. The zero-order valence-corrected chi connectivity index (χ0v) is 8.73. The second-order valence-corrected chi connectivity index (χ2v) is 6.51. The second kappa shape index (κ2) is 3.49. The van der Waals surface area contributed by atoms with Gasteiger partial charge in [-0.25, -0.2) is 0 Å². The summed E-state index contributed by atoms with van der Waals surface area (Å²) < 4.78 is 9.60. The van der Waals surface area contributed by atoms with Gasteiger partial charge in [0.25, 0.3) is 0 Å². The number of halogens is 2. The quantitative estimate of drug-likeness (QED) is 0.598. The third-order valence-electron chi connectivity index (χ3n) is 0.700. The molecular formula is C3H7Br2O3P. The Hall–Kier alpha value is 1.11. The fourth-order valence-electron chi connectivity index (χ4n) is 0.268. The van der Waals surface area contributed by atoms with Crippen molar-refractivity contribution in [2.24, 2.45) is 0 Å². The standard InChI is InChI=1S/C3H7Br2O3P/c1-2(4)3(5)9(6,7)8/h2-3H,1H3,(H2,6,7,8). The Balaban J connectivity index is 4.05. The lowest BCUT2D eigenvalue weighted by atomic mass is 10.6. The molecule has 0 aliphatic heterocycles. The monoisotopic (exact) mass is 280 g/mol. The molecule has 0 saturated heterocycles. The summed E-state index contributed by atoms with van der Waals surface area (Å²) >= 11 is 5.89. The van der Waals surface area contributed by atoms with Gasteiger partial charge in [0.05, 0.1) is 0 Å². The molecule has 0 bridgehead atoms. The Morgan fingerprint density at radius 3 is 1.78 bits per heavy atom. The van der Waals surface area contributed by atoms with Crippen molar-refractivity contribution in [1.29, 1.82) is 0 Å².